The van der Waals surface area contributed by atoms with Crippen molar-refractivity contribution in [3.63, 3.8) is 0 Å². The fraction of sp³-hybridized carbons (Fsp3) is 0.200. The maximum absolute atomic E-state index is 13.2. The van der Waals surface area contributed by atoms with Crippen molar-refractivity contribution in [1.29, 1.82) is 0 Å². The molecule has 0 amide bonds. The van der Waals surface area contributed by atoms with Crippen LogP contribution in [0, 0.1) is 6.92 Å². The minimum atomic E-state index is -5.74. The molecule has 0 aliphatic heterocycles. The van der Waals surface area contributed by atoms with Gasteiger partial charge < -0.3 is 10.2 Å². The number of carboxylic acid groups (broad SMARTS) is 1. The van der Waals surface area contributed by atoms with Gasteiger partial charge in [0, 0.05) is 21.5 Å². The highest BCUT2D eigenvalue weighted by molar-refractivity contribution is 8.00. The van der Waals surface area contributed by atoms with Crippen LogP contribution in [0.2, 0.25) is 5.02 Å². The van der Waals surface area contributed by atoms with Crippen LogP contribution in [0.3, 0.4) is 0 Å². The van der Waals surface area contributed by atoms with Crippen LogP contribution < -0.4 is 0 Å². The second-order valence-electron chi connectivity index (χ2n) is 6.74. The molecule has 0 aliphatic carbocycles. The van der Waals surface area contributed by atoms with E-state index in [2.05, 4.69) is 0 Å². The van der Waals surface area contributed by atoms with Crippen molar-refractivity contribution in [2.75, 3.05) is 0 Å². The molecule has 0 saturated heterocycles. The number of carboxylic acids is 1. The van der Waals surface area contributed by atoms with E-state index in [1.54, 1.807) is 0 Å². The summed E-state index contributed by atoms with van der Waals surface area (Å²) in [5, 5.41) is 14.3. The summed E-state index contributed by atoms with van der Waals surface area (Å²) in [5.41, 5.74) is 0.658. The van der Waals surface area contributed by atoms with E-state index in [-0.39, 0.29) is 38.5 Å². The third-order valence-electron chi connectivity index (χ3n) is 4.61. The molecule has 1 heterocycles. The van der Waals surface area contributed by atoms with Gasteiger partial charge in [-0.15, -0.1) is 0 Å². The molecule has 0 spiro atoms. The molecular weight excluding hydrogens is 481 g/mol. The van der Waals surface area contributed by atoms with Gasteiger partial charge in [0.25, 0.3) is 5.91 Å². The largest absolute Gasteiger partial charge is 0.506 e. The summed E-state index contributed by atoms with van der Waals surface area (Å²) in [6.07, 6.45) is -6.19. The predicted octanol–water partition coefficient (Wildman–Crippen LogP) is 5.87. The maximum atomic E-state index is 13.2. The standard InChI is InChI=1S/C20H13ClF5NO4S/c1-9-12(7-17(29)30)13-6-16(28)14(21)8-15(13)27(9)18(31)10-2-4-11(5-3-10)32-20(25,26)19(22,23)24/h2-6,8,28H,7H2,1H3,(H,29,30). The summed E-state index contributed by atoms with van der Waals surface area (Å²) in [6, 6.07) is 6.58. The monoisotopic (exact) mass is 493 g/mol. The highest BCUT2D eigenvalue weighted by atomic mass is 35.5. The zero-order valence-electron chi connectivity index (χ0n) is 16.0. The number of rotatable bonds is 5. The van der Waals surface area contributed by atoms with Gasteiger partial charge >= 0.3 is 17.4 Å². The Bertz CT molecular complexity index is 1220. The predicted molar refractivity (Wildman–Crippen MR) is 108 cm³/mol. The van der Waals surface area contributed by atoms with Gasteiger partial charge in [-0.05, 0) is 60.6 Å². The summed E-state index contributed by atoms with van der Waals surface area (Å²) in [7, 11) is 0. The molecule has 1 aromatic heterocycles. The first kappa shape index (κ1) is 23.9. The molecule has 3 rings (SSSR count). The number of phenols is 1. The molecule has 5 nitrogen and oxygen atoms in total. The minimum absolute atomic E-state index is 0.0456. The second-order valence-corrected chi connectivity index (χ2v) is 8.33. The van der Waals surface area contributed by atoms with Gasteiger partial charge in [-0.1, -0.05) is 11.6 Å². The van der Waals surface area contributed by atoms with Crippen LogP contribution >= 0.6 is 23.4 Å². The van der Waals surface area contributed by atoms with Crippen LogP contribution in [0.4, 0.5) is 22.0 Å². The number of halogens is 6. The van der Waals surface area contributed by atoms with Crippen LogP contribution in [0.1, 0.15) is 21.6 Å². The number of nitrogens with zero attached hydrogens (tertiary/aromatic N) is 1. The second kappa shape index (κ2) is 8.28. The highest BCUT2D eigenvalue weighted by Crippen LogP contribution is 2.47. The first-order chi connectivity index (χ1) is 14.7. The Morgan fingerprint density at radius 1 is 1.09 bits per heavy atom. The Morgan fingerprint density at radius 2 is 1.69 bits per heavy atom. The number of thioether (sulfide) groups is 1. The highest BCUT2D eigenvalue weighted by Gasteiger charge is 2.58. The maximum Gasteiger partial charge on any atom is 0.464 e. The number of alkyl halides is 5. The van der Waals surface area contributed by atoms with Crippen LogP contribution in [0.15, 0.2) is 41.3 Å². The van der Waals surface area contributed by atoms with E-state index in [9.17, 15) is 41.8 Å². The van der Waals surface area contributed by atoms with E-state index in [0.717, 1.165) is 28.8 Å². The van der Waals surface area contributed by atoms with E-state index >= 15 is 0 Å². The van der Waals surface area contributed by atoms with Gasteiger partial charge in [-0.2, -0.15) is 22.0 Å². The van der Waals surface area contributed by atoms with Gasteiger partial charge in [0.05, 0.1) is 17.0 Å². The summed E-state index contributed by atoms with van der Waals surface area (Å²) >= 11 is 5.24. The molecule has 12 heteroatoms. The average molecular weight is 494 g/mol. The lowest BCUT2D eigenvalue weighted by Gasteiger charge is -2.18. The van der Waals surface area contributed by atoms with Crippen molar-refractivity contribution in [2.24, 2.45) is 0 Å². The molecule has 32 heavy (non-hydrogen) atoms. The van der Waals surface area contributed by atoms with Gasteiger partial charge in [0.15, 0.2) is 0 Å². The quantitative estimate of drug-likeness (QED) is 0.343. The van der Waals surface area contributed by atoms with Crippen molar-refractivity contribution < 1.29 is 41.8 Å². The molecular formula is C20H13ClF5NO4S. The van der Waals surface area contributed by atoms with Crippen molar-refractivity contribution >= 4 is 46.1 Å². The zero-order valence-corrected chi connectivity index (χ0v) is 17.6. The first-order valence-corrected chi connectivity index (χ1v) is 9.95. The lowest BCUT2D eigenvalue weighted by Crippen LogP contribution is -2.32. The number of hydrogen-bond donors (Lipinski definition) is 2. The summed E-state index contributed by atoms with van der Waals surface area (Å²) in [6.45, 7) is 1.48. The summed E-state index contributed by atoms with van der Waals surface area (Å²) in [4.78, 5) is 24.0. The SMILES string of the molecule is Cc1c(CC(=O)O)c2cc(O)c(Cl)cc2n1C(=O)c1ccc(SC(F)(F)C(F)(F)F)cc1. The van der Waals surface area contributed by atoms with Crippen molar-refractivity contribution in [2.45, 2.75) is 29.7 Å². The van der Waals surface area contributed by atoms with Crippen LogP contribution in [0.5, 0.6) is 5.75 Å². The van der Waals surface area contributed by atoms with Crippen molar-refractivity contribution in [3.8, 4) is 5.75 Å². The Morgan fingerprint density at radius 3 is 2.22 bits per heavy atom. The molecule has 0 bridgehead atoms. The molecule has 0 radical (unpaired) electrons. The molecule has 0 aliphatic rings. The fourth-order valence-corrected chi connectivity index (χ4v) is 3.97. The Kier molecular flexibility index (Phi) is 6.18. The summed E-state index contributed by atoms with van der Waals surface area (Å²) < 4.78 is 64.8. The van der Waals surface area contributed by atoms with E-state index in [1.165, 1.54) is 19.1 Å². The van der Waals surface area contributed by atoms with Gasteiger partial charge in [0.2, 0.25) is 0 Å². The number of aromatic nitrogens is 1. The third-order valence-corrected chi connectivity index (χ3v) is 5.91. The zero-order chi connectivity index (χ0) is 24.0. The van der Waals surface area contributed by atoms with E-state index < -0.39 is 46.4 Å². The Balaban J connectivity index is 2.04. The fourth-order valence-electron chi connectivity index (χ4n) is 3.13. The molecule has 2 aromatic carbocycles. The van der Waals surface area contributed by atoms with Gasteiger partial charge in [-0.25, -0.2) is 0 Å². The van der Waals surface area contributed by atoms with Crippen LogP contribution in [-0.4, -0.2) is 38.1 Å². The van der Waals surface area contributed by atoms with E-state index in [0.29, 0.717) is 0 Å². The van der Waals surface area contributed by atoms with Crippen LogP contribution in [0.25, 0.3) is 10.9 Å². The van der Waals surface area contributed by atoms with Crippen molar-refractivity contribution in [3.05, 3.63) is 58.2 Å². The van der Waals surface area contributed by atoms with Crippen LogP contribution in [-0.2, 0) is 11.2 Å². The molecule has 0 saturated carbocycles. The average Bonchev–Trinajstić information content (AvgIpc) is 2.92. The van der Waals surface area contributed by atoms with Gasteiger partial charge in [0.1, 0.15) is 5.75 Å². The van der Waals surface area contributed by atoms with E-state index in [4.69, 9.17) is 11.6 Å². The first-order valence-electron chi connectivity index (χ1n) is 8.75. The molecule has 0 unspecified atom stereocenters. The number of aliphatic carboxylic acids is 1. The number of fused-ring (bicyclic) bond motifs is 1. The molecule has 2 N–H and O–H groups in total. The number of phenolic OH excluding ortho intramolecular Hbond substituents is 1. The number of aromatic hydroxyl groups is 1. The summed E-state index contributed by atoms with van der Waals surface area (Å²) in [5.74, 6) is -2.19. The molecule has 170 valence electrons. The normalized spacial score (nSPS) is 12.3. The lowest BCUT2D eigenvalue weighted by molar-refractivity contribution is -0.237. The third kappa shape index (κ3) is 4.40. The lowest BCUT2D eigenvalue weighted by atomic mass is 10.1. The number of hydrogen-bond acceptors (Lipinski definition) is 4. The molecule has 0 atom stereocenters. The van der Waals surface area contributed by atoms with Gasteiger partial charge in [-0.3, -0.25) is 14.2 Å². The molecule has 3 aromatic rings. The molecule has 0 fully saturated rings. The number of carbonyl (C=O) groups excluding carboxylic acids is 1. The Labute approximate surface area is 186 Å². The minimum Gasteiger partial charge on any atom is -0.506 e. The van der Waals surface area contributed by atoms with Crippen molar-refractivity contribution in [1.82, 2.24) is 4.57 Å². The smallest absolute Gasteiger partial charge is 0.464 e. The topological polar surface area (TPSA) is 79.5 Å². The Hall–Kier alpha value is -2.79. The number of carbonyl (C=O) groups is 2. The van der Waals surface area contributed by atoms with E-state index in [1.807, 2.05) is 0 Å². The number of benzene rings is 2.